The zero-order chi connectivity index (χ0) is 15.5. The molecule has 0 atom stereocenters. The van der Waals surface area contributed by atoms with Crippen LogP contribution in [-0.2, 0) is 6.18 Å². The van der Waals surface area contributed by atoms with E-state index in [0.29, 0.717) is 0 Å². The van der Waals surface area contributed by atoms with Crippen molar-refractivity contribution in [1.29, 1.82) is 0 Å². The van der Waals surface area contributed by atoms with Crippen molar-refractivity contribution in [2.75, 3.05) is 17.7 Å². The van der Waals surface area contributed by atoms with Gasteiger partial charge in [0.2, 0.25) is 5.95 Å². The lowest BCUT2D eigenvalue weighted by Crippen LogP contribution is -2.18. The maximum atomic E-state index is 12.9. The highest BCUT2D eigenvalue weighted by atomic mass is 19.4. The van der Waals surface area contributed by atoms with E-state index in [0.717, 1.165) is 6.07 Å². The zero-order valence-corrected chi connectivity index (χ0v) is 10.9. The number of carbonyl (C=O) groups excluding carboxylic acids is 1. The van der Waals surface area contributed by atoms with Crippen molar-refractivity contribution < 1.29 is 18.0 Å². The average molecular weight is 296 g/mol. The van der Waals surface area contributed by atoms with Crippen LogP contribution in [0.4, 0.5) is 24.8 Å². The number of nitrogens with zero attached hydrogens (tertiary/aromatic N) is 2. The number of halogens is 3. The molecule has 0 saturated heterocycles. The number of alkyl halides is 3. The van der Waals surface area contributed by atoms with Crippen LogP contribution in [0.5, 0.6) is 0 Å². The second-order valence-electron chi connectivity index (χ2n) is 4.00. The number of anilines is 2. The fourth-order valence-electron chi connectivity index (χ4n) is 1.78. The lowest BCUT2D eigenvalue weighted by molar-refractivity contribution is -0.136. The van der Waals surface area contributed by atoms with Gasteiger partial charge in [-0.2, -0.15) is 13.2 Å². The largest absolute Gasteiger partial charge is 0.418 e. The van der Waals surface area contributed by atoms with Crippen molar-refractivity contribution in [2.24, 2.45) is 0 Å². The minimum atomic E-state index is -4.56. The molecule has 21 heavy (non-hydrogen) atoms. The number of carbonyl (C=O) groups is 1. The summed E-state index contributed by atoms with van der Waals surface area (Å²) in [4.78, 5) is 19.6. The molecule has 0 spiro atoms. The van der Waals surface area contributed by atoms with Crippen molar-refractivity contribution in [2.45, 2.75) is 6.18 Å². The summed E-state index contributed by atoms with van der Waals surface area (Å²) in [5.41, 5.74) is -1.34. The van der Waals surface area contributed by atoms with Gasteiger partial charge in [-0.05, 0) is 18.2 Å². The molecule has 2 rings (SSSR count). The highest BCUT2D eigenvalue weighted by Gasteiger charge is 2.35. The van der Waals surface area contributed by atoms with Crippen LogP contribution in [0.25, 0.3) is 0 Å². The smallest absolute Gasteiger partial charge is 0.387 e. The van der Waals surface area contributed by atoms with E-state index >= 15 is 0 Å². The van der Waals surface area contributed by atoms with E-state index in [1.165, 1.54) is 31.6 Å². The first kappa shape index (κ1) is 14.8. The Morgan fingerprint density at radius 2 is 1.81 bits per heavy atom. The Balaban J connectivity index is 2.38. The molecule has 1 amide bonds. The number of amides is 1. The van der Waals surface area contributed by atoms with Crippen LogP contribution in [0.2, 0.25) is 0 Å². The van der Waals surface area contributed by atoms with E-state index < -0.39 is 17.6 Å². The Labute approximate surface area is 118 Å². The van der Waals surface area contributed by atoms with E-state index in [-0.39, 0.29) is 17.2 Å². The first-order chi connectivity index (χ1) is 9.93. The van der Waals surface area contributed by atoms with Gasteiger partial charge in [-0.3, -0.25) is 10.1 Å². The first-order valence-electron chi connectivity index (χ1n) is 5.90. The van der Waals surface area contributed by atoms with Gasteiger partial charge in [-0.15, -0.1) is 0 Å². The summed E-state index contributed by atoms with van der Waals surface area (Å²) in [5, 5.41) is 4.76. The molecule has 8 heteroatoms. The highest BCUT2D eigenvalue weighted by molar-refractivity contribution is 6.07. The number of hydrogen-bond acceptors (Lipinski definition) is 4. The minimum absolute atomic E-state index is 0.0157. The molecule has 0 unspecified atom stereocenters. The van der Waals surface area contributed by atoms with Crippen LogP contribution in [0, 0.1) is 0 Å². The zero-order valence-electron chi connectivity index (χ0n) is 10.9. The summed E-state index contributed by atoms with van der Waals surface area (Å²) in [7, 11) is 1.32. The van der Waals surface area contributed by atoms with Gasteiger partial charge in [0.1, 0.15) is 0 Å². The summed E-state index contributed by atoms with van der Waals surface area (Å²) < 4.78 is 38.7. The van der Waals surface area contributed by atoms with Gasteiger partial charge in [-0.1, -0.05) is 6.07 Å². The molecule has 0 aliphatic rings. The van der Waals surface area contributed by atoms with E-state index in [2.05, 4.69) is 20.6 Å². The maximum Gasteiger partial charge on any atom is 0.418 e. The molecule has 0 bridgehead atoms. The van der Waals surface area contributed by atoms with Gasteiger partial charge in [0, 0.05) is 19.4 Å². The molecule has 1 aromatic heterocycles. The fourth-order valence-corrected chi connectivity index (χ4v) is 1.78. The number of benzene rings is 1. The van der Waals surface area contributed by atoms with Crippen molar-refractivity contribution in [3.8, 4) is 0 Å². The third-order valence-electron chi connectivity index (χ3n) is 2.66. The van der Waals surface area contributed by atoms with Crippen molar-refractivity contribution >= 4 is 17.5 Å². The van der Waals surface area contributed by atoms with Gasteiger partial charge in [-0.25, -0.2) is 9.97 Å². The molecule has 0 aliphatic carbocycles. The standard InChI is InChI=1S/C13H11F3N4O/c1-17-10-8(4-2-5-9(10)13(14,15)16)11(21)20-12-18-6-3-7-19-12/h2-7,17H,1H3,(H,18,19,20,21). The lowest BCUT2D eigenvalue weighted by atomic mass is 10.1. The highest BCUT2D eigenvalue weighted by Crippen LogP contribution is 2.36. The van der Waals surface area contributed by atoms with Crippen LogP contribution in [-0.4, -0.2) is 22.9 Å². The molecule has 0 radical (unpaired) electrons. The number of hydrogen-bond donors (Lipinski definition) is 2. The van der Waals surface area contributed by atoms with E-state index in [1.807, 2.05) is 0 Å². The molecule has 0 saturated carbocycles. The maximum absolute atomic E-state index is 12.9. The molecule has 2 aromatic rings. The molecule has 1 heterocycles. The van der Waals surface area contributed by atoms with Crippen LogP contribution in [0.15, 0.2) is 36.7 Å². The second kappa shape index (κ2) is 5.78. The molecule has 0 aliphatic heterocycles. The Bertz CT molecular complexity index is 644. The Morgan fingerprint density at radius 1 is 1.14 bits per heavy atom. The third kappa shape index (κ3) is 3.28. The molecular weight excluding hydrogens is 285 g/mol. The van der Waals surface area contributed by atoms with Gasteiger partial charge in [0.15, 0.2) is 0 Å². The van der Waals surface area contributed by atoms with Crippen molar-refractivity contribution in [1.82, 2.24) is 9.97 Å². The minimum Gasteiger partial charge on any atom is -0.387 e. The van der Waals surface area contributed by atoms with Crippen molar-refractivity contribution in [3.63, 3.8) is 0 Å². The predicted octanol–water partition coefficient (Wildman–Crippen LogP) is 2.79. The quantitative estimate of drug-likeness (QED) is 0.914. The lowest BCUT2D eigenvalue weighted by Gasteiger charge is -2.15. The molecular formula is C13H11F3N4O. The molecule has 0 fully saturated rings. The number of para-hydroxylation sites is 1. The summed E-state index contributed by atoms with van der Waals surface area (Å²) in [6, 6.07) is 4.92. The topological polar surface area (TPSA) is 66.9 Å². The molecule has 110 valence electrons. The average Bonchev–Trinajstić information content (AvgIpc) is 2.46. The first-order valence-corrected chi connectivity index (χ1v) is 5.90. The van der Waals surface area contributed by atoms with Gasteiger partial charge in [0.25, 0.3) is 5.91 Å². The number of nitrogens with one attached hydrogen (secondary N) is 2. The van der Waals surface area contributed by atoms with Crippen molar-refractivity contribution in [3.05, 3.63) is 47.8 Å². The SMILES string of the molecule is CNc1c(C(=O)Nc2ncccn2)cccc1C(F)(F)F. The summed E-state index contributed by atoms with van der Waals surface area (Å²) in [5.74, 6) is -0.710. The summed E-state index contributed by atoms with van der Waals surface area (Å²) in [6.07, 6.45) is -1.74. The predicted molar refractivity (Wildman–Crippen MR) is 71.0 cm³/mol. The summed E-state index contributed by atoms with van der Waals surface area (Å²) in [6.45, 7) is 0. The van der Waals surface area contributed by atoms with Gasteiger partial charge >= 0.3 is 6.18 Å². The van der Waals surface area contributed by atoms with Crippen LogP contribution < -0.4 is 10.6 Å². The summed E-state index contributed by atoms with van der Waals surface area (Å²) >= 11 is 0. The van der Waals surface area contributed by atoms with Crippen LogP contribution in [0.3, 0.4) is 0 Å². The fraction of sp³-hybridized carbons (Fsp3) is 0.154. The Hall–Kier alpha value is -2.64. The van der Waals surface area contributed by atoms with E-state index in [9.17, 15) is 18.0 Å². The Morgan fingerprint density at radius 3 is 2.38 bits per heavy atom. The number of aromatic nitrogens is 2. The molecule has 1 aromatic carbocycles. The van der Waals surface area contributed by atoms with Gasteiger partial charge in [0.05, 0.1) is 16.8 Å². The number of rotatable bonds is 3. The molecule has 2 N–H and O–H groups in total. The Kier molecular flexibility index (Phi) is 4.06. The van der Waals surface area contributed by atoms with Crippen LogP contribution >= 0.6 is 0 Å². The second-order valence-corrected chi connectivity index (χ2v) is 4.00. The normalized spacial score (nSPS) is 11.0. The van der Waals surface area contributed by atoms with E-state index in [1.54, 1.807) is 6.07 Å². The van der Waals surface area contributed by atoms with Crippen LogP contribution in [0.1, 0.15) is 15.9 Å². The monoisotopic (exact) mass is 296 g/mol. The third-order valence-corrected chi connectivity index (χ3v) is 2.66. The van der Waals surface area contributed by atoms with E-state index in [4.69, 9.17) is 0 Å². The molecule has 5 nitrogen and oxygen atoms in total. The van der Waals surface area contributed by atoms with Gasteiger partial charge < -0.3 is 5.32 Å².